The van der Waals surface area contributed by atoms with Crippen LogP contribution in [0.4, 0.5) is 0 Å². The van der Waals surface area contributed by atoms with Gasteiger partial charge in [-0.15, -0.1) is 0 Å². The van der Waals surface area contributed by atoms with Gasteiger partial charge in [-0.3, -0.25) is 0 Å². The van der Waals surface area contributed by atoms with Gasteiger partial charge in [0, 0.05) is 6.61 Å². The summed E-state index contributed by atoms with van der Waals surface area (Å²) in [6.45, 7) is 8.62. The number of rotatable bonds is 3. The van der Waals surface area contributed by atoms with Crippen molar-refractivity contribution in [3.05, 3.63) is 11.6 Å². The third-order valence-electron chi connectivity index (χ3n) is 10.5. The van der Waals surface area contributed by atoms with Crippen molar-refractivity contribution >= 4 is 0 Å². The fourth-order valence-electron chi connectivity index (χ4n) is 8.93. The number of allylic oxidation sites excluding steroid dienone is 2. The number of ether oxygens (including phenoxy) is 2. The van der Waals surface area contributed by atoms with Crippen molar-refractivity contribution in [3.63, 3.8) is 0 Å². The highest BCUT2D eigenvalue weighted by atomic mass is 16.7. The van der Waals surface area contributed by atoms with Gasteiger partial charge in [-0.25, -0.2) is 0 Å². The average Bonchev–Trinajstić information content (AvgIpc) is 3.09. The second-order valence-corrected chi connectivity index (χ2v) is 12.0. The second kappa shape index (κ2) is 7.89. The van der Waals surface area contributed by atoms with Crippen molar-refractivity contribution in [2.24, 2.45) is 34.5 Å². The Balaban J connectivity index is 1.42. The molecule has 5 aliphatic rings. The van der Waals surface area contributed by atoms with Crippen molar-refractivity contribution in [3.8, 4) is 0 Å². The average molecular weight is 417 g/mol. The third kappa shape index (κ3) is 3.42. The van der Waals surface area contributed by atoms with E-state index < -0.39 is 5.60 Å². The Morgan fingerprint density at radius 2 is 1.90 bits per heavy atom. The lowest BCUT2D eigenvalue weighted by molar-refractivity contribution is -0.224. The van der Waals surface area contributed by atoms with Crippen molar-refractivity contribution in [1.29, 1.82) is 0 Å². The van der Waals surface area contributed by atoms with Crippen molar-refractivity contribution < 1.29 is 14.6 Å². The molecule has 1 unspecified atom stereocenters. The Labute approximate surface area is 184 Å². The summed E-state index contributed by atoms with van der Waals surface area (Å²) in [6.07, 6.45) is 17.0. The van der Waals surface area contributed by atoms with Crippen LogP contribution in [0, 0.1) is 34.5 Å². The van der Waals surface area contributed by atoms with E-state index in [2.05, 4.69) is 26.8 Å². The predicted molar refractivity (Wildman–Crippen MR) is 120 cm³/mol. The van der Waals surface area contributed by atoms with Gasteiger partial charge in [0.1, 0.15) is 0 Å². The van der Waals surface area contributed by atoms with Crippen LogP contribution in [-0.2, 0) is 9.47 Å². The summed E-state index contributed by atoms with van der Waals surface area (Å²) in [5.41, 5.74) is 1.95. The molecule has 0 aromatic carbocycles. The standard InChI is InChI=1S/C27H44O3/c1-4-19-9-11-22-21-10-8-20-17-25(2,28)14-15-27(20,23(21)12-13-26(19,22)3)18-30-24-7-5-6-16-29-24/h4,20-24,28H,5-18H2,1-3H3/b19-4-/t20-,21-,22-,23-,24?,25+,26+,27+/m0/s1. The molecule has 1 aliphatic heterocycles. The fourth-order valence-corrected chi connectivity index (χ4v) is 8.93. The first-order valence-electron chi connectivity index (χ1n) is 13.0. The first-order valence-corrected chi connectivity index (χ1v) is 13.0. The zero-order valence-electron chi connectivity index (χ0n) is 19.6. The Hall–Kier alpha value is -0.380. The van der Waals surface area contributed by atoms with E-state index >= 15 is 0 Å². The van der Waals surface area contributed by atoms with Crippen LogP contribution in [0.1, 0.15) is 97.8 Å². The number of aliphatic hydroxyl groups is 1. The minimum Gasteiger partial charge on any atom is -0.390 e. The SMILES string of the molecule is C/C=C1/CC[C@H]2[C@@H]3CC[C@H]4C[C@](C)(O)CC[C@]4(COC4CCCCO4)[C@H]3CC[C@]12C. The van der Waals surface area contributed by atoms with Crippen molar-refractivity contribution in [2.45, 2.75) is 110 Å². The summed E-state index contributed by atoms with van der Waals surface area (Å²) in [7, 11) is 0. The molecule has 170 valence electrons. The quantitative estimate of drug-likeness (QED) is 0.553. The van der Waals surface area contributed by atoms with Gasteiger partial charge in [0.05, 0.1) is 12.2 Å². The van der Waals surface area contributed by atoms with Gasteiger partial charge >= 0.3 is 0 Å². The molecule has 0 amide bonds. The van der Waals surface area contributed by atoms with Crippen LogP contribution in [0.2, 0.25) is 0 Å². The van der Waals surface area contributed by atoms with Crippen molar-refractivity contribution in [1.82, 2.24) is 0 Å². The lowest BCUT2D eigenvalue weighted by atomic mass is 9.44. The molecule has 30 heavy (non-hydrogen) atoms. The lowest BCUT2D eigenvalue weighted by Gasteiger charge is -2.62. The minimum atomic E-state index is -0.489. The van der Waals surface area contributed by atoms with E-state index in [-0.39, 0.29) is 11.7 Å². The molecule has 3 nitrogen and oxygen atoms in total. The number of hydrogen-bond acceptors (Lipinski definition) is 3. The maximum Gasteiger partial charge on any atom is 0.157 e. The van der Waals surface area contributed by atoms with Crippen LogP contribution in [0.25, 0.3) is 0 Å². The van der Waals surface area contributed by atoms with Gasteiger partial charge in [-0.05, 0) is 125 Å². The largest absolute Gasteiger partial charge is 0.390 e. The highest BCUT2D eigenvalue weighted by Gasteiger charge is 2.61. The smallest absolute Gasteiger partial charge is 0.157 e. The first-order chi connectivity index (χ1) is 14.4. The highest BCUT2D eigenvalue weighted by Crippen LogP contribution is 2.68. The summed E-state index contributed by atoms with van der Waals surface area (Å²) in [4.78, 5) is 0. The maximum atomic E-state index is 10.9. The highest BCUT2D eigenvalue weighted by molar-refractivity contribution is 5.24. The Morgan fingerprint density at radius 3 is 2.67 bits per heavy atom. The molecule has 0 bridgehead atoms. The van der Waals surface area contributed by atoms with Crippen LogP contribution < -0.4 is 0 Å². The van der Waals surface area contributed by atoms with E-state index in [0.29, 0.717) is 11.3 Å². The van der Waals surface area contributed by atoms with Crippen LogP contribution in [0.5, 0.6) is 0 Å². The maximum absolute atomic E-state index is 10.9. The molecule has 1 saturated heterocycles. The molecule has 5 fully saturated rings. The molecule has 4 aliphatic carbocycles. The van der Waals surface area contributed by atoms with E-state index in [4.69, 9.17) is 9.47 Å². The zero-order valence-corrected chi connectivity index (χ0v) is 19.6. The monoisotopic (exact) mass is 416 g/mol. The summed E-state index contributed by atoms with van der Waals surface area (Å²) >= 11 is 0. The van der Waals surface area contributed by atoms with Gasteiger partial charge in [0.2, 0.25) is 0 Å². The van der Waals surface area contributed by atoms with Gasteiger partial charge in [0.15, 0.2) is 6.29 Å². The van der Waals surface area contributed by atoms with Gasteiger partial charge in [-0.2, -0.15) is 0 Å². The predicted octanol–water partition coefficient (Wildman–Crippen LogP) is 6.25. The topological polar surface area (TPSA) is 38.7 Å². The molecular formula is C27H44O3. The van der Waals surface area contributed by atoms with E-state index in [1.165, 1.54) is 51.4 Å². The Morgan fingerprint density at radius 1 is 1.03 bits per heavy atom. The minimum absolute atomic E-state index is 0.00607. The molecule has 0 spiro atoms. The van der Waals surface area contributed by atoms with Crippen molar-refractivity contribution in [2.75, 3.05) is 13.2 Å². The van der Waals surface area contributed by atoms with Crippen LogP contribution in [0.3, 0.4) is 0 Å². The lowest BCUT2D eigenvalue weighted by Crippen LogP contribution is -2.58. The number of hydrogen-bond donors (Lipinski definition) is 1. The molecular weight excluding hydrogens is 372 g/mol. The zero-order chi connectivity index (χ0) is 21.0. The van der Waals surface area contributed by atoms with E-state index in [0.717, 1.165) is 56.7 Å². The molecule has 3 heteroatoms. The Kier molecular flexibility index (Phi) is 5.64. The molecule has 4 saturated carbocycles. The summed E-state index contributed by atoms with van der Waals surface area (Å²) in [5, 5.41) is 10.9. The third-order valence-corrected chi connectivity index (χ3v) is 10.5. The molecule has 0 aromatic rings. The summed E-state index contributed by atoms with van der Waals surface area (Å²) in [6, 6.07) is 0. The molecule has 0 aromatic heterocycles. The molecule has 8 atom stereocenters. The molecule has 1 heterocycles. The van der Waals surface area contributed by atoms with Gasteiger partial charge in [0.25, 0.3) is 0 Å². The van der Waals surface area contributed by atoms with Gasteiger partial charge < -0.3 is 14.6 Å². The molecule has 1 N–H and O–H groups in total. The van der Waals surface area contributed by atoms with Gasteiger partial charge in [-0.1, -0.05) is 18.6 Å². The van der Waals surface area contributed by atoms with E-state index in [9.17, 15) is 5.11 Å². The van der Waals surface area contributed by atoms with E-state index in [1.807, 2.05) is 0 Å². The molecule has 0 radical (unpaired) electrons. The molecule has 5 rings (SSSR count). The summed E-state index contributed by atoms with van der Waals surface area (Å²) < 4.78 is 12.5. The fraction of sp³-hybridized carbons (Fsp3) is 0.926. The first kappa shape index (κ1) is 21.5. The Bertz CT molecular complexity index is 663. The normalized spacial score (nSPS) is 52.5. The summed E-state index contributed by atoms with van der Waals surface area (Å²) in [5.74, 6) is 3.08. The van der Waals surface area contributed by atoms with Crippen LogP contribution in [0.15, 0.2) is 11.6 Å². The number of fused-ring (bicyclic) bond motifs is 5. The van der Waals surface area contributed by atoms with E-state index in [1.54, 1.807) is 5.57 Å². The van der Waals surface area contributed by atoms with Crippen LogP contribution >= 0.6 is 0 Å². The second-order valence-electron chi connectivity index (χ2n) is 12.0. The van der Waals surface area contributed by atoms with Crippen LogP contribution in [-0.4, -0.2) is 30.2 Å².